The van der Waals surface area contributed by atoms with Crippen molar-refractivity contribution in [2.75, 3.05) is 19.8 Å². The summed E-state index contributed by atoms with van der Waals surface area (Å²) in [7, 11) is 0. The third-order valence-electron chi connectivity index (χ3n) is 7.12. The van der Waals surface area contributed by atoms with E-state index in [9.17, 15) is 9.59 Å². The van der Waals surface area contributed by atoms with Gasteiger partial charge < -0.3 is 14.2 Å². The summed E-state index contributed by atoms with van der Waals surface area (Å²) >= 11 is 0. The van der Waals surface area contributed by atoms with Crippen molar-refractivity contribution < 1.29 is 23.8 Å². The Kier molecular flexibility index (Phi) is 12.4. The highest BCUT2D eigenvalue weighted by Crippen LogP contribution is 2.37. The number of unbranched alkanes of at least 4 members (excludes halogenated alkanes) is 3. The van der Waals surface area contributed by atoms with Crippen molar-refractivity contribution in [1.82, 2.24) is 0 Å². The van der Waals surface area contributed by atoms with Crippen molar-refractivity contribution in [1.29, 1.82) is 0 Å². The number of hydrogen-bond donors (Lipinski definition) is 0. The summed E-state index contributed by atoms with van der Waals surface area (Å²) in [5.74, 6) is 2.38. The maximum atomic E-state index is 12.6. The van der Waals surface area contributed by atoms with Gasteiger partial charge in [0.05, 0.1) is 12.2 Å². The summed E-state index contributed by atoms with van der Waals surface area (Å²) in [5, 5.41) is 0. The number of carbonyl (C=O) groups is 2. The van der Waals surface area contributed by atoms with Crippen LogP contribution in [0.25, 0.3) is 0 Å². The van der Waals surface area contributed by atoms with E-state index in [2.05, 4.69) is 25.6 Å². The molecule has 0 aromatic heterocycles. The first-order valence-corrected chi connectivity index (χ1v) is 13.9. The van der Waals surface area contributed by atoms with E-state index in [0.29, 0.717) is 30.4 Å². The van der Waals surface area contributed by atoms with Crippen molar-refractivity contribution in [3.8, 4) is 11.5 Å². The highest BCUT2D eigenvalue weighted by Gasteiger charge is 2.22. The molecule has 0 N–H and O–H groups in total. The first-order valence-electron chi connectivity index (χ1n) is 13.9. The molecule has 1 fully saturated rings. The Hall–Kier alpha value is -2.92. The van der Waals surface area contributed by atoms with Gasteiger partial charge in [0.2, 0.25) is 0 Å². The highest BCUT2D eigenvalue weighted by molar-refractivity contribution is 5.91. The Balaban J connectivity index is 1.32. The minimum atomic E-state index is -0.364. The predicted molar refractivity (Wildman–Crippen MR) is 147 cm³/mol. The van der Waals surface area contributed by atoms with E-state index in [-0.39, 0.29) is 18.4 Å². The van der Waals surface area contributed by atoms with Gasteiger partial charge in [-0.25, -0.2) is 4.79 Å². The molecular formula is C32H42O5. The average Bonchev–Trinajstić information content (AvgIpc) is 2.93. The molecule has 0 amide bonds. The van der Waals surface area contributed by atoms with Crippen LogP contribution >= 0.6 is 0 Å². The van der Waals surface area contributed by atoms with Gasteiger partial charge in [-0.2, -0.15) is 0 Å². The summed E-state index contributed by atoms with van der Waals surface area (Å²) in [5.41, 5.74) is 1.85. The highest BCUT2D eigenvalue weighted by atomic mass is 16.5. The van der Waals surface area contributed by atoms with Gasteiger partial charge in [-0.1, -0.05) is 44.9 Å². The average molecular weight is 507 g/mol. The quantitative estimate of drug-likeness (QED) is 0.101. The van der Waals surface area contributed by atoms with Gasteiger partial charge in [-0.05, 0) is 105 Å². The maximum Gasteiger partial charge on any atom is 0.343 e. The minimum absolute atomic E-state index is 0.0865. The molecule has 5 nitrogen and oxygen atoms in total. The molecule has 1 aliphatic rings. The molecule has 200 valence electrons. The monoisotopic (exact) mass is 506 g/mol. The van der Waals surface area contributed by atoms with Crippen molar-refractivity contribution in [3.05, 3.63) is 72.3 Å². The molecule has 0 heterocycles. The van der Waals surface area contributed by atoms with Crippen LogP contribution in [0.4, 0.5) is 0 Å². The van der Waals surface area contributed by atoms with Crippen molar-refractivity contribution in [2.45, 2.75) is 77.0 Å². The molecule has 1 saturated carbocycles. The molecule has 0 unspecified atom stereocenters. The molecule has 3 rings (SSSR count). The summed E-state index contributed by atoms with van der Waals surface area (Å²) in [6.07, 6.45) is 13.0. The summed E-state index contributed by atoms with van der Waals surface area (Å²) < 4.78 is 16.7. The molecule has 37 heavy (non-hydrogen) atoms. The second-order valence-electron chi connectivity index (χ2n) is 9.97. The van der Waals surface area contributed by atoms with E-state index >= 15 is 0 Å². The van der Waals surface area contributed by atoms with E-state index in [4.69, 9.17) is 14.2 Å². The smallest absolute Gasteiger partial charge is 0.343 e. The van der Waals surface area contributed by atoms with Gasteiger partial charge in [0.15, 0.2) is 5.78 Å². The second kappa shape index (κ2) is 16.0. The SMILES string of the molecule is C=CC(=O)COCCCCCCOc1ccc(C(=O)Oc2ccc(C3CCC(CCC)CC3)cc2)cc1. The van der Waals surface area contributed by atoms with E-state index in [0.717, 1.165) is 37.4 Å². The van der Waals surface area contributed by atoms with Crippen molar-refractivity contribution in [3.63, 3.8) is 0 Å². The number of ether oxygens (including phenoxy) is 3. The lowest BCUT2D eigenvalue weighted by Crippen LogP contribution is -2.13. The lowest BCUT2D eigenvalue weighted by molar-refractivity contribution is -0.118. The van der Waals surface area contributed by atoms with Crippen LogP contribution in [0.2, 0.25) is 0 Å². The Morgan fingerprint density at radius 3 is 2.16 bits per heavy atom. The lowest BCUT2D eigenvalue weighted by Gasteiger charge is -2.28. The zero-order valence-corrected chi connectivity index (χ0v) is 22.3. The van der Waals surface area contributed by atoms with Gasteiger partial charge in [-0.15, -0.1) is 0 Å². The normalized spacial score (nSPS) is 17.2. The topological polar surface area (TPSA) is 61.8 Å². The number of carbonyl (C=O) groups excluding carboxylic acids is 2. The largest absolute Gasteiger partial charge is 0.494 e. The van der Waals surface area contributed by atoms with Gasteiger partial charge >= 0.3 is 5.97 Å². The number of esters is 1. The van der Waals surface area contributed by atoms with E-state index < -0.39 is 0 Å². The number of benzene rings is 2. The van der Waals surface area contributed by atoms with Crippen LogP contribution in [-0.2, 0) is 9.53 Å². The van der Waals surface area contributed by atoms with Crippen LogP contribution in [0.15, 0.2) is 61.2 Å². The molecule has 0 bridgehead atoms. The summed E-state index contributed by atoms with van der Waals surface area (Å²) in [4.78, 5) is 23.6. The number of ketones is 1. The van der Waals surface area contributed by atoms with Gasteiger partial charge in [0.25, 0.3) is 0 Å². The fourth-order valence-corrected chi connectivity index (χ4v) is 4.94. The Morgan fingerprint density at radius 2 is 1.51 bits per heavy atom. The fraction of sp³-hybridized carbons (Fsp3) is 0.500. The molecule has 0 aliphatic heterocycles. The Morgan fingerprint density at radius 1 is 0.865 bits per heavy atom. The zero-order chi connectivity index (χ0) is 26.3. The molecule has 0 atom stereocenters. The Bertz CT molecular complexity index is 956. The first-order chi connectivity index (χ1) is 18.1. The molecule has 2 aromatic carbocycles. The first kappa shape index (κ1) is 28.6. The molecular weight excluding hydrogens is 464 g/mol. The van der Waals surface area contributed by atoms with Crippen LogP contribution in [0.3, 0.4) is 0 Å². The van der Waals surface area contributed by atoms with Crippen LogP contribution in [0, 0.1) is 5.92 Å². The standard InChI is InChI=1S/C32H42O5/c1-3-9-25-10-12-26(13-11-25)27-14-20-31(21-15-27)37-32(34)28-16-18-30(19-17-28)36-23-8-6-5-7-22-35-24-29(33)4-2/h4,14-21,25-26H,2-3,5-13,22-24H2,1H3. The van der Waals surface area contributed by atoms with Gasteiger partial charge in [0.1, 0.15) is 18.1 Å². The molecule has 5 heteroatoms. The number of hydrogen-bond acceptors (Lipinski definition) is 5. The summed E-state index contributed by atoms with van der Waals surface area (Å²) in [6, 6.07) is 15.1. The zero-order valence-electron chi connectivity index (χ0n) is 22.3. The van der Waals surface area contributed by atoms with Gasteiger partial charge in [0, 0.05) is 6.61 Å². The number of rotatable bonds is 16. The van der Waals surface area contributed by atoms with Crippen molar-refractivity contribution >= 4 is 11.8 Å². The summed E-state index contributed by atoms with van der Waals surface area (Å²) in [6.45, 7) is 7.01. The van der Waals surface area contributed by atoms with Crippen molar-refractivity contribution in [2.24, 2.45) is 5.92 Å². The molecule has 2 aromatic rings. The second-order valence-corrected chi connectivity index (χ2v) is 9.97. The minimum Gasteiger partial charge on any atom is -0.494 e. The van der Waals surface area contributed by atoms with E-state index in [1.165, 1.54) is 50.2 Å². The van der Waals surface area contributed by atoms with Crippen LogP contribution in [0.1, 0.15) is 93.0 Å². The third-order valence-corrected chi connectivity index (χ3v) is 7.12. The van der Waals surface area contributed by atoms with Gasteiger partial charge in [-0.3, -0.25) is 4.79 Å². The van der Waals surface area contributed by atoms with Crippen LogP contribution in [0.5, 0.6) is 11.5 Å². The molecule has 1 aliphatic carbocycles. The predicted octanol–water partition coefficient (Wildman–Crippen LogP) is 7.69. The Labute approximate surface area is 222 Å². The van der Waals surface area contributed by atoms with E-state index in [1.54, 1.807) is 24.3 Å². The maximum absolute atomic E-state index is 12.6. The molecule has 0 spiro atoms. The third kappa shape index (κ3) is 10.2. The molecule has 0 radical (unpaired) electrons. The van der Waals surface area contributed by atoms with Crippen LogP contribution < -0.4 is 9.47 Å². The molecule has 0 saturated heterocycles. The fourth-order valence-electron chi connectivity index (χ4n) is 4.94. The van der Waals surface area contributed by atoms with E-state index in [1.807, 2.05) is 12.1 Å². The van der Waals surface area contributed by atoms with Crippen LogP contribution in [-0.4, -0.2) is 31.6 Å². The lowest BCUT2D eigenvalue weighted by atomic mass is 9.77.